The Morgan fingerprint density at radius 1 is 1.37 bits per heavy atom. The van der Waals surface area contributed by atoms with E-state index >= 15 is 0 Å². The van der Waals surface area contributed by atoms with Crippen molar-refractivity contribution in [2.75, 3.05) is 12.5 Å². The minimum atomic E-state index is -0.241. The van der Waals surface area contributed by atoms with Gasteiger partial charge >= 0.3 is 0 Å². The maximum Gasteiger partial charge on any atom is 0.294 e. The maximum absolute atomic E-state index is 11.9. The first-order chi connectivity index (χ1) is 9.31. The summed E-state index contributed by atoms with van der Waals surface area (Å²) in [7, 11) is 0. The molecule has 6 nitrogen and oxygen atoms in total. The largest absolute Gasteiger partial charge is 0.371 e. The van der Waals surface area contributed by atoms with E-state index < -0.39 is 0 Å². The van der Waals surface area contributed by atoms with Gasteiger partial charge in [-0.3, -0.25) is 9.20 Å². The third kappa shape index (κ3) is 2.11. The summed E-state index contributed by atoms with van der Waals surface area (Å²) in [5.41, 5.74) is 1.70. The Balaban J connectivity index is 2.21. The van der Waals surface area contributed by atoms with Crippen LogP contribution in [-0.4, -0.2) is 32.1 Å². The molecule has 0 spiro atoms. The first kappa shape index (κ1) is 12.2. The van der Waals surface area contributed by atoms with Crippen LogP contribution in [0.1, 0.15) is 6.92 Å². The SMILES string of the molecule is CCOCSc1nnc2c(=O)[nH]c3ccccc3n12. The first-order valence-electron chi connectivity index (χ1n) is 5.88. The van der Waals surface area contributed by atoms with Gasteiger partial charge in [0.2, 0.25) is 5.65 Å². The van der Waals surface area contributed by atoms with E-state index in [0.717, 1.165) is 11.0 Å². The summed E-state index contributed by atoms with van der Waals surface area (Å²) < 4.78 is 7.06. The van der Waals surface area contributed by atoms with Crippen LogP contribution in [0.25, 0.3) is 16.7 Å². The van der Waals surface area contributed by atoms with E-state index in [9.17, 15) is 4.79 Å². The number of rotatable bonds is 4. The second-order valence-electron chi connectivity index (χ2n) is 3.87. The number of benzene rings is 1. The van der Waals surface area contributed by atoms with Crippen LogP contribution in [0.4, 0.5) is 0 Å². The van der Waals surface area contributed by atoms with E-state index in [2.05, 4.69) is 15.2 Å². The lowest BCUT2D eigenvalue weighted by Crippen LogP contribution is -2.11. The molecule has 3 aromatic rings. The fourth-order valence-corrected chi connectivity index (χ4v) is 2.63. The van der Waals surface area contributed by atoms with Gasteiger partial charge in [0.05, 0.1) is 17.0 Å². The lowest BCUT2D eigenvalue weighted by molar-refractivity contribution is 0.199. The van der Waals surface area contributed by atoms with Gasteiger partial charge in [-0.25, -0.2) is 0 Å². The van der Waals surface area contributed by atoms with Crippen LogP contribution in [0.3, 0.4) is 0 Å². The number of aromatic amines is 1. The maximum atomic E-state index is 11.9. The topological polar surface area (TPSA) is 72.3 Å². The van der Waals surface area contributed by atoms with Gasteiger partial charge in [0.25, 0.3) is 5.56 Å². The van der Waals surface area contributed by atoms with Gasteiger partial charge in [-0.2, -0.15) is 0 Å². The molecule has 7 heteroatoms. The molecule has 0 aliphatic carbocycles. The van der Waals surface area contributed by atoms with Crippen LogP contribution in [0.15, 0.2) is 34.2 Å². The molecule has 98 valence electrons. The lowest BCUT2D eigenvalue weighted by atomic mass is 10.3. The molecule has 19 heavy (non-hydrogen) atoms. The van der Waals surface area contributed by atoms with Gasteiger partial charge in [0.15, 0.2) is 5.16 Å². The quantitative estimate of drug-likeness (QED) is 0.446. The van der Waals surface area contributed by atoms with Crippen LogP contribution >= 0.6 is 11.8 Å². The number of nitrogens with zero attached hydrogens (tertiary/aromatic N) is 3. The van der Waals surface area contributed by atoms with Crippen molar-refractivity contribution < 1.29 is 4.74 Å². The van der Waals surface area contributed by atoms with Gasteiger partial charge in [-0.15, -0.1) is 10.2 Å². The number of aromatic nitrogens is 4. The molecule has 0 unspecified atom stereocenters. The third-order valence-corrected chi connectivity index (χ3v) is 3.51. The minimum Gasteiger partial charge on any atom is -0.371 e. The number of thioether (sulfide) groups is 1. The fraction of sp³-hybridized carbons (Fsp3) is 0.250. The second-order valence-corrected chi connectivity index (χ2v) is 4.76. The second kappa shape index (κ2) is 5.02. The zero-order valence-corrected chi connectivity index (χ0v) is 11.1. The number of hydrogen-bond acceptors (Lipinski definition) is 5. The average Bonchev–Trinajstić information content (AvgIpc) is 2.84. The van der Waals surface area contributed by atoms with Crippen molar-refractivity contribution >= 4 is 28.4 Å². The summed E-state index contributed by atoms with van der Waals surface area (Å²) in [4.78, 5) is 14.7. The summed E-state index contributed by atoms with van der Waals surface area (Å²) in [6, 6.07) is 7.57. The van der Waals surface area contributed by atoms with Gasteiger partial charge < -0.3 is 9.72 Å². The monoisotopic (exact) mass is 276 g/mol. The van der Waals surface area contributed by atoms with E-state index in [0.29, 0.717) is 23.3 Å². The van der Waals surface area contributed by atoms with E-state index in [4.69, 9.17) is 4.74 Å². The standard InChI is InChI=1S/C12H12N4O2S/c1-2-18-7-19-12-15-14-10-11(17)13-8-5-3-4-6-9(8)16(10)12/h3-6H,2,7H2,1H3,(H,13,17). The van der Waals surface area contributed by atoms with Crippen molar-refractivity contribution in [3.8, 4) is 0 Å². The van der Waals surface area contributed by atoms with E-state index in [1.54, 1.807) is 4.40 Å². The Hall–Kier alpha value is -1.86. The van der Waals surface area contributed by atoms with E-state index in [-0.39, 0.29) is 5.56 Å². The summed E-state index contributed by atoms with van der Waals surface area (Å²) in [6.07, 6.45) is 0. The number of H-pyrrole nitrogens is 1. The highest BCUT2D eigenvalue weighted by Gasteiger charge is 2.12. The predicted octanol–water partition coefficient (Wildman–Crippen LogP) is 1.66. The molecule has 3 rings (SSSR count). The summed E-state index contributed by atoms with van der Waals surface area (Å²) in [6.45, 7) is 2.58. The highest BCUT2D eigenvalue weighted by Crippen LogP contribution is 2.20. The van der Waals surface area contributed by atoms with Crippen molar-refractivity contribution in [1.82, 2.24) is 19.6 Å². The number of ether oxygens (including phenoxy) is 1. The Bertz CT molecular complexity index is 780. The van der Waals surface area contributed by atoms with E-state index in [1.165, 1.54) is 11.8 Å². The van der Waals surface area contributed by atoms with Crippen LogP contribution in [0.2, 0.25) is 0 Å². The predicted molar refractivity (Wildman–Crippen MR) is 73.5 cm³/mol. The van der Waals surface area contributed by atoms with Gasteiger partial charge in [-0.1, -0.05) is 23.9 Å². The highest BCUT2D eigenvalue weighted by molar-refractivity contribution is 7.99. The van der Waals surface area contributed by atoms with E-state index in [1.807, 2.05) is 31.2 Å². The Morgan fingerprint density at radius 3 is 3.05 bits per heavy atom. The van der Waals surface area contributed by atoms with Crippen LogP contribution in [-0.2, 0) is 4.74 Å². The molecule has 0 saturated heterocycles. The molecule has 0 aliphatic rings. The molecule has 0 amide bonds. The van der Waals surface area contributed by atoms with Crippen LogP contribution in [0, 0.1) is 0 Å². The summed E-state index contributed by atoms with van der Waals surface area (Å²) in [5, 5.41) is 8.65. The highest BCUT2D eigenvalue weighted by atomic mass is 32.2. The van der Waals surface area contributed by atoms with Gasteiger partial charge in [-0.05, 0) is 19.1 Å². The average molecular weight is 276 g/mol. The van der Waals surface area contributed by atoms with Crippen LogP contribution in [0.5, 0.6) is 0 Å². The van der Waals surface area contributed by atoms with Gasteiger partial charge in [0.1, 0.15) is 0 Å². The zero-order chi connectivity index (χ0) is 13.2. The minimum absolute atomic E-state index is 0.241. The molecule has 0 saturated carbocycles. The fourth-order valence-electron chi connectivity index (χ4n) is 1.86. The van der Waals surface area contributed by atoms with Crippen molar-refractivity contribution in [1.29, 1.82) is 0 Å². The zero-order valence-electron chi connectivity index (χ0n) is 10.3. The van der Waals surface area contributed by atoms with Crippen molar-refractivity contribution in [3.05, 3.63) is 34.6 Å². The van der Waals surface area contributed by atoms with Crippen molar-refractivity contribution in [2.24, 2.45) is 0 Å². The molecule has 0 radical (unpaired) electrons. The Morgan fingerprint density at radius 2 is 2.21 bits per heavy atom. The van der Waals surface area contributed by atoms with Crippen molar-refractivity contribution in [3.63, 3.8) is 0 Å². The number of para-hydroxylation sites is 2. The molecule has 2 aromatic heterocycles. The molecule has 0 fully saturated rings. The smallest absolute Gasteiger partial charge is 0.294 e. The molecule has 0 bridgehead atoms. The normalized spacial score (nSPS) is 11.4. The number of nitrogens with one attached hydrogen (secondary N) is 1. The number of hydrogen-bond donors (Lipinski definition) is 1. The third-order valence-electron chi connectivity index (χ3n) is 2.71. The molecular weight excluding hydrogens is 264 g/mol. The first-order valence-corrected chi connectivity index (χ1v) is 6.86. The molecular formula is C12H12N4O2S. The van der Waals surface area contributed by atoms with Gasteiger partial charge in [0, 0.05) is 6.61 Å². The van der Waals surface area contributed by atoms with Crippen molar-refractivity contribution in [2.45, 2.75) is 12.1 Å². The number of fused-ring (bicyclic) bond motifs is 3. The molecule has 2 heterocycles. The molecule has 0 atom stereocenters. The molecule has 0 aliphatic heterocycles. The lowest BCUT2D eigenvalue weighted by Gasteiger charge is -2.04. The molecule has 1 N–H and O–H groups in total. The van der Waals surface area contributed by atoms with Crippen LogP contribution < -0.4 is 5.56 Å². The Labute approximate surface area is 112 Å². The summed E-state index contributed by atoms with van der Waals surface area (Å²) >= 11 is 1.42. The summed E-state index contributed by atoms with van der Waals surface area (Å²) in [5.74, 6) is 0.485. The molecule has 1 aromatic carbocycles. The Kier molecular flexibility index (Phi) is 3.22.